The Kier molecular flexibility index (Phi) is 3.34. The molecule has 22 heavy (non-hydrogen) atoms. The molecule has 0 aliphatic heterocycles. The molecule has 1 aromatic heterocycles. The summed E-state index contributed by atoms with van der Waals surface area (Å²) in [6.45, 7) is 0.837. The minimum Gasteiger partial charge on any atom is -0.369 e. The molecule has 114 valence electrons. The van der Waals surface area contributed by atoms with Crippen LogP contribution < -0.4 is 11.1 Å². The van der Waals surface area contributed by atoms with Crippen LogP contribution in [0.25, 0.3) is 10.9 Å². The first-order valence-corrected chi connectivity index (χ1v) is 8.07. The maximum Gasteiger partial charge on any atom is 0.220 e. The summed E-state index contributed by atoms with van der Waals surface area (Å²) in [6, 6.07) is 10.9. The fourth-order valence-corrected chi connectivity index (χ4v) is 4.24. The third kappa shape index (κ3) is 2.28. The monoisotopic (exact) mass is 295 g/mol. The molecule has 0 bridgehead atoms. The summed E-state index contributed by atoms with van der Waals surface area (Å²) in [6.07, 6.45) is 4.98. The van der Waals surface area contributed by atoms with Gasteiger partial charge in [-0.05, 0) is 42.7 Å². The Bertz CT molecular complexity index is 709. The van der Waals surface area contributed by atoms with Crippen LogP contribution in [0.1, 0.15) is 24.8 Å². The molecule has 2 aromatic rings. The molecule has 1 amide bonds. The van der Waals surface area contributed by atoms with Gasteiger partial charge in [0.2, 0.25) is 5.91 Å². The zero-order valence-corrected chi connectivity index (χ0v) is 12.5. The number of hydrogen-bond donors (Lipinski definition) is 2. The van der Waals surface area contributed by atoms with Gasteiger partial charge in [0.1, 0.15) is 0 Å². The quantitative estimate of drug-likeness (QED) is 0.909. The molecule has 2 fully saturated rings. The normalized spacial score (nSPS) is 30.0. The summed E-state index contributed by atoms with van der Waals surface area (Å²) in [5.41, 5.74) is 7.78. The molecule has 0 saturated heterocycles. The van der Waals surface area contributed by atoms with E-state index in [0.29, 0.717) is 17.9 Å². The average Bonchev–Trinajstić information content (AvgIpc) is 2.85. The number of pyridine rings is 1. The Morgan fingerprint density at radius 3 is 2.95 bits per heavy atom. The molecule has 4 heteroatoms. The number of nitrogens with one attached hydrogen (secondary N) is 1. The van der Waals surface area contributed by atoms with Crippen molar-refractivity contribution in [3.63, 3.8) is 0 Å². The topological polar surface area (TPSA) is 68.0 Å². The number of aromatic nitrogens is 1. The van der Waals surface area contributed by atoms with Gasteiger partial charge in [-0.3, -0.25) is 9.78 Å². The van der Waals surface area contributed by atoms with Crippen LogP contribution in [0.2, 0.25) is 0 Å². The molecule has 2 aliphatic carbocycles. The molecule has 0 radical (unpaired) electrons. The van der Waals surface area contributed by atoms with Gasteiger partial charge in [-0.15, -0.1) is 0 Å². The lowest BCUT2D eigenvalue weighted by atomic mass is 9.71. The van der Waals surface area contributed by atoms with E-state index in [2.05, 4.69) is 34.6 Å². The molecular formula is C18H21N3O. The summed E-state index contributed by atoms with van der Waals surface area (Å²) >= 11 is 0. The van der Waals surface area contributed by atoms with Gasteiger partial charge in [0.25, 0.3) is 0 Å². The van der Waals surface area contributed by atoms with Gasteiger partial charge in [-0.2, -0.15) is 0 Å². The first-order valence-electron chi connectivity index (χ1n) is 8.07. The van der Waals surface area contributed by atoms with Gasteiger partial charge in [-0.1, -0.05) is 24.3 Å². The van der Waals surface area contributed by atoms with Crippen molar-refractivity contribution in [1.29, 1.82) is 0 Å². The second-order valence-electron chi connectivity index (χ2n) is 6.71. The number of nitrogens with two attached hydrogens (primary N) is 1. The van der Waals surface area contributed by atoms with E-state index in [0.717, 1.165) is 24.9 Å². The van der Waals surface area contributed by atoms with Gasteiger partial charge < -0.3 is 11.1 Å². The van der Waals surface area contributed by atoms with E-state index < -0.39 is 0 Å². The number of primary amides is 1. The highest BCUT2D eigenvalue weighted by Crippen LogP contribution is 2.49. The summed E-state index contributed by atoms with van der Waals surface area (Å²) in [7, 11) is 0. The molecule has 0 spiro atoms. The van der Waals surface area contributed by atoms with Crippen LogP contribution in [-0.4, -0.2) is 16.9 Å². The van der Waals surface area contributed by atoms with Crippen molar-refractivity contribution in [2.75, 3.05) is 0 Å². The number of benzene rings is 1. The van der Waals surface area contributed by atoms with Crippen LogP contribution in [0.4, 0.5) is 0 Å². The van der Waals surface area contributed by atoms with E-state index in [9.17, 15) is 4.79 Å². The van der Waals surface area contributed by atoms with Crippen LogP contribution in [-0.2, 0) is 11.3 Å². The van der Waals surface area contributed by atoms with Gasteiger partial charge in [-0.25, -0.2) is 0 Å². The van der Waals surface area contributed by atoms with Gasteiger partial charge in [0.15, 0.2) is 0 Å². The molecule has 1 aromatic carbocycles. The minimum atomic E-state index is -0.119. The largest absolute Gasteiger partial charge is 0.369 e. The first kappa shape index (κ1) is 13.7. The maximum atomic E-state index is 11.3. The molecule has 3 N–H and O–H groups in total. The number of fused-ring (bicyclic) bond motifs is 2. The van der Waals surface area contributed by atoms with Crippen LogP contribution in [0.15, 0.2) is 36.5 Å². The lowest BCUT2D eigenvalue weighted by Crippen LogP contribution is -2.47. The molecule has 4 unspecified atom stereocenters. The highest BCUT2D eigenvalue weighted by atomic mass is 16.1. The van der Waals surface area contributed by atoms with Crippen molar-refractivity contribution < 1.29 is 4.79 Å². The van der Waals surface area contributed by atoms with Gasteiger partial charge in [0.05, 0.1) is 5.52 Å². The number of para-hydroxylation sites is 1. The third-order valence-corrected chi connectivity index (χ3v) is 5.50. The van der Waals surface area contributed by atoms with E-state index in [1.165, 1.54) is 17.4 Å². The second-order valence-corrected chi connectivity index (χ2v) is 6.71. The molecule has 4 nitrogen and oxygen atoms in total. The number of amides is 1. The zero-order chi connectivity index (χ0) is 15.1. The highest BCUT2D eigenvalue weighted by molar-refractivity contribution is 5.81. The Hall–Kier alpha value is -1.94. The Morgan fingerprint density at radius 2 is 2.09 bits per heavy atom. The van der Waals surface area contributed by atoms with Crippen molar-refractivity contribution in [2.45, 2.75) is 31.8 Å². The van der Waals surface area contributed by atoms with Crippen LogP contribution in [0.3, 0.4) is 0 Å². The molecule has 2 saturated carbocycles. The lowest BCUT2D eigenvalue weighted by Gasteiger charge is -2.41. The number of carbonyl (C=O) groups excluding carboxylic acids is 1. The van der Waals surface area contributed by atoms with Gasteiger partial charge in [0, 0.05) is 30.1 Å². The molecule has 1 heterocycles. The van der Waals surface area contributed by atoms with Crippen molar-refractivity contribution in [3.8, 4) is 0 Å². The van der Waals surface area contributed by atoms with E-state index in [1.807, 2.05) is 12.3 Å². The van der Waals surface area contributed by atoms with Crippen LogP contribution in [0.5, 0.6) is 0 Å². The van der Waals surface area contributed by atoms with Gasteiger partial charge >= 0.3 is 0 Å². The Labute approximate surface area is 130 Å². The minimum absolute atomic E-state index is 0.0982. The van der Waals surface area contributed by atoms with E-state index in [4.69, 9.17) is 5.73 Å². The predicted molar refractivity (Wildman–Crippen MR) is 85.9 cm³/mol. The van der Waals surface area contributed by atoms with Crippen LogP contribution >= 0.6 is 0 Å². The first-order chi connectivity index (χ1) is 10.7. The number of rotatable bonds is 4. The fourth-order valence-electron chi connectivity index (χ4n) is 4.24. The smallest absolute Gasteiger partial charge is 0.220 e. The lowest BCUT2D eigenvalue weighted by molar-refractivity contribution is -0.121. The Morgan fingerprint density at radius 1 is 1.23 bits per heavy atom. The highest BCUT2D eigenvalue weighted by Gasteiger charge is 2.48. The van der Waals surface area contributed by atoms with E-state index in [1.54, 1.807) is 0 Å². The molecule has 4 atom stereocenters. The standard InChI is InChI=1S/C18H21N3O/c19-18(22)14-7-13-9-16(15(13)8-14)21-10-12-4-1-3-11-5-2-6-20-17(11)12/h1-6,13-16,21H,7-10H2,(H2,19,22). The summed E-state index contributed by atoms with van der Waals surface area (Å²) < 4.78 is 0. The number of nitrogens with zero attached hydrogens (tertiary/aromatic N) is 1. The zero-order valence-electron chi connectivity index (χ0n) is 12.5. The van der Waals surface area contributed by atoms with Crippen molar-refractivity contribution in [3.05, 3.63) is 42.1 Å². The van der Waals surface area contributed by atoms with Crippen molar-refractivity contribution in [2.24, 2.45) is 23.5 Å². The SMILES string of the molecule is NC(=O)C1CC2CC(NCc3cccc4cccnc34)C2C1. The maximum absolute atomic E-state index is 11.3. The van der Waals surface area contributed by atoms with E-state index >= 15 is 0 Å². The molecule has 2 aliphatic rings. The van der Waals surface area contributed by atoms with Crippen molar-refractivity contribution >= 4 is 16.8 Å². The summed E-state index contributed by atoms with van der Waals surface area (Å²) in [4.78, 5) is 15.8. The fraction of sp³-hybridized carbons (Fsp3) is 0.444. The second kappa shape index (κ2) is 5.36. The molecular weight excluding hydrogens is 274 g/mol. The van der Waals surface area contributed by atoms with Crippen molar-refractivity contribution in [1.82, 2.24) is 10.3 Å². The summed E-state index contributed by atoms with van der Waals surface area (Å²) in [5.74, 6) is 1.30. The molecule has 4 rings (SSSR count). The predicted octanol–water partition coefficient (Wildman–Crippen LogP) is 2.22. The number of hydrogen-bond acceptors (Lipinski definition) is 3. The van der Waals surface area contributed by atoms with E-state index in [-0.39, 0.29) is 11.8 Å². The number of carbonyl (C=O) groups is 1. The van der Waals surface area contributed by atoms with Crippen LogP contribution in [0, 0.1) is 17.8 Å². The Balaban J connectivity index is 1.42. The summed E-state index contributed by atoms with van der Waals surface area (Å²) in [5, 5.41) is 4.85. The third-order valence-electron chi connectivity index (χ3n) is 5.50. The average molecular weight is 295 g/mol.